The van der Waals surface area contributed by atoms with Gasteiger partial charge in [0.05, 0.1) is 29.9 Å². The van der Waals surface area contributed by atoms with Crippen LogP contribution in [0.15, 0.2) is 32.7 Å². The Hall–Kier alpha value is -0.190. The average Bonchev–Trinajstić information content (AvgIpc) is 3.05. The quantitative estimate of drug-likeness (QED) is 0.450. The first-order chi connectivity index (χ1) is 13.3. The number of hydrogen-bond acceptors (Lipinski definition) is 5. The van der Waals surface area contributed by atoms with Gasteiger partial charge in [-0.05, 0) is 44.9 Å². The van der Waals surface area contributed by atoms with Gasteiger partial charge in [-0.15, -0.1) is 0 Å². The third kappa shape index (κ3) is 4.85. The molecule has 10 heteroatoms. The third-order valence-electron chi connectivity index (χ3n) is 6.20. The summed E-state index contributed by atoms with van der Waals surface area (Å²) in [5.41, 5.74) is -0.583. The fraction of sp³-hybridized carbons (Fsp3) is 0.684. The van der Waals surface area contributed by atoms with Crippen LogP contribution in [0.4, 0.5) is 0 Å². The van der Waals surface area contributed by atoms with Crippen LogP contribution < -0.4 is 17.0 Å². The summed E-state index contributed by atoms with van der Waals surface area (Å²) >= 11 is 7.90. The highest BCUT2D eigenvalue weighted by Crippen LogP contribution is 2.44. The van der Waals surface area contributed by atoms with Crippen molar-refractivity contribution in [3.05, 3.63) is 28.8 Å². The molecule has 0 amide bonds. The van der Waals surface area contributed by atoms with Crippen molar-refractivity contribution < 1.29 is 35.0 Å². The lowest BCUT2D eigenvalue weighted by Crippen LogP contribution is -3.00. The maximum atomic E-state index is 12.8. The maximum absolute atomic E-state index is 12.8. The molecular formula is C19H29BrClN3O3S2. The second kappa shape index (κ2) is 9.96. The molecule has 1 saturated carbocycles. The second-order valence-electron chi connectivity index (χ2n) is 7.68. The molecule has 1 unspecified atom stereocenters. The lowest BCUT2D eigenvalue weighted by molar-refractivity contribution is -0.987. The fourth-order valence-corrected chi connectivity index (χ4v) is 7.30. The molecule has 1 aliphatic heterocycles. The van der Waals surface area contributed by atoms with Crippen LogP contribution in [0.1, 0.15) is 51.5 Å². The summed E-state index contributed by atoms with van der Waals surface area (Å²) in [7, 11) is -4.02. The van der Waals surface area contributed by atoms with Crippen molar-refractivity contribution >= 4 is 33.4 Å². The molecular weight excluding hydrogens is 498 g/mol. The predicted octanol–water partition coefficient (Wildman–Crippen LogP) is 1.52. The number of benzene rings is 1. The summed E-state index contributed by atoms with van der Waals surface area (Å²) in [6.07, 6.45) is 5.02. The van der Waals surface area contributed by atoms with Crippen molar-refractivity contribution in [1.29, 1.82) is 0 Å². The van der Waals surface area contributed by atoms with Crippen molar-refractivity contribution in [3.63, 3.8) is 0 Å². The van der Waals surface area contributed by atoms with Crippen LogP contribution in [0.5, 0.6) is 0 Å². The van der Waals surface area contributed by atoms with Gasteiger partial charge in [0.25, 0.3) is 0 Å². The first kappa shape index (κ1) is 25.1. The van der Waals surface area contributed by atoms with Gasteiger partial charge >= 0.3 is 10.0 Å². The molecule has 0 aromatic heterocycles. The Morgan fingerprint density at radius 2 is 1.90 bits per heavy atom. The minimum absolute atomic E-state index is 0. The zero-order valence-electron chi connectivity index (χ0n) is 16.9. The molecule has 2 fully saturated rings. The first-order valence-corrected chi connectivity index (χ1v) is 12.9. The van der Waals surface area contributed by atoms with Crippen molar-refractivity contribution in [2.45, 2.75) is 62.6 Å². The van der Waals surface area contributed by atoms with Gasteiger partial charge in [0, 0.05) is 5.56 Å². The summed E-state index contributed by atoms with van der Waals surface area (Å²) in [4.78, 5) is -0.0816. The summed E-state index contributed by atoms with van der Waals surface area (Å²) < 4.78 is 29.8. The number of rotatable bonds is 6. The van der Waals surface area contributed by atoms with Crippen molar-refractivity contribution in [1.82, 2.24) is 0 Å². The van der Waals surface area contributed by atoms with Crippen molar-refractivity contribution in [2.75, 3.05) is 24.7 Å². The van der Waals surface area contributed by atoms with E-state index < -0.39 is 15.7 Å². The first-order valence-electron chi connectivity index (χ1n) is 9.91. The normalized spacial score (nSPS) is 25.2. The number of hydrogen-bond donors (Lipinski definition) is 1. The Balaban J connectivity index is 0.00000300. The molecule has 1 atom stereocenters. The maximum Gasteiger partial charge on any atom is 0.300 e. The van der Waals surface area contributed by atoms with Gasteiger partial charge < -0.3 is 22.1 Å². The van der Waals surface area contributed by atoms with Crippen LogP contribution >= 0.6 is 23.4 Å². The Bertz CT molecular complexity index is 843. The summed E-state index contributed by atoms with van der Waals surface area (Å²) in [5.74, 6) is 1.30. The largest absolute Gasteiger partial charge is 1.00 e. The Morgan fingerprint density at radius 1 is 1.24 bits per heavy atom. The Kier molecular flexibility index (Phi) is 8.61. The van der Waals surface area contributed by atoms with E-state index in [2.05, 4.69) is 9.63 Å². The molecule has 1 aromatic carbocycles. The van der Waals surface area contributed by atoms with E-state index in [4.69, 9.17) is 11.6 Å². The number of thioether (sulfide) groups is 1. The molecule has 1 saturated heterocycles. The van der Waals surface area contributed by atoms with Gasteiger partial charge in [0.1, 0.15) is 10.8 Å². The molecule has 1 N–H and O–H groups in total. The topological polar surface area (TPSA) is 79.1 Å². The predicted molar refractivity (Wildman–Crippen MR) is 113 cm³/mol. The van der Waals surface area contributed by atoms with E-state index in [0.717, 1.165) is 51.1 Å². The Labute approximate surface area is 193 Å². The fourth-order valence-electron chi connectivity index (χ4n) is 4.21. The number of sulfonamides is 1. The summed E-state index contributed by atoms with van der Waals surface area (Å²) in [6, 6.07) is 4.72. The van der Waals surface area contributed by atoms with Crippen LogP contribution in [-0.4, -0.2) is 48.8 Å². The summed E-state index contributed by atoms with van der Waals surface area (Å²) in [5, 5.41) is 15.7. The number of aliphatic hydroxyl groups is 1. The SMILES string of the molecule is CC[N+]1(CC)CSCC1(O)c1ccc(Cl)c(S(=O)(=O)N=NC2CCCCC2)c1.[Br-]. The minimum atomic E-state index is -4.02. The van der Waals surface area contributed by atoms with Crippen LogP contribution in [0.3, 0.4) is 0 Å². The van der Waals surface area contributed by atoms with E-state index in [0.29, 0.717) is 15.8 Å². The average molecular weight is 527 g/mol. The van der Waals surface area contributed by atoms with Crippen LogP contribution in [0, 0.1) is 0 Å². The molecule has 0 bridgehead atoms. The monoisotopic (exact) mass is 525 g/mol. The van der Waals surface area contributed by atoms with E-state index in [9.17, 15) is 13.5 Å². The standard InChI is InChI=1S/C19H29ClN3O3S2.BrH/c1-3-23(4-2)14-27-13-19(23,24)15-10-11-17(20)18(12-15)28(25,26)22-21-16-8-6-5-7-9-16;/h10-12,16,24H,3-9,13-14H2,1-2H3;1H/q+1;/p-1. The Morgan fingerprint density at radius 3 is 2.52 bits per heavy atom. The lowest BCUT2D eigenvalue weighted by atomic mass is 9.96. The minimum Gasteiger partial charge on any atom is -1.00 e. The number of nitrogens with zero attached hydrogens (tertiary/aromatic N) is 3. The van der Waals surface area contributed by atoms with E-state index in [1.165, 1.54) is 6.07 Å². The van der Waals surface area contributed by atoms with Crippen LogP contribution in [0.2, 0.25) is 5.02 Å². The van der Waals surface area contributed by atoms with E-state index in [1.807, 2.05) is 13.8 Å². The molecule has 29 heavy (non-hydrogen) atoms. The van der Waals surface area contributed by atoms with Gasteiger partial charge in [-0.1, -0.05) is 47.1 Å². The van der Waals surface area contributed by atoms with Crippen LogP contribution in [-0.2, 0) is 15.7 Å². The van der Waals surface area contributed by atoms with Gasteiger partial charge in [0.2, 0.25) is 5.72 Å². The number of halogens is 2. The molecule has 2 aliphatic rings. The highest BCUT2D eigenvalue weighted by atomic mass is 79.9. The molecule has 0 radical (unpaired) electrons. The summed E-state index contributed by atoms with van der Waals surface area (Å²) in [6.45, 7) is 5.61. The highest BCUT2D eigenvalue weighted by Gasteiger charge is 2.54. The highest BCUT2D eigenvalue weighted by molar-refractivity contribution is 7.99. The smallest absolute Gasteiger partial charge is 0.300 e. The molecule has 1 aliphatic carbocycles. The molecule has 3 rings (SSSR count). The van der Waals surface area contributed by atoms with Crippen LogP contribution in [0.25, 0.3) is 0 Å². The van der Waals surface area contributed by atoms with E-state index in [-0.39, 0.29) is 32.9 Å². The zero-order valence-corrected chi connectivity index (χ0v) is 20.8. The number of quaternary nitrogens is 1. The van der Waals surface area contributed by atoms with Crippen molar-refractivity contribution in [2.24, 2.45) is 9.63 Å². The lowest BCUT2D eigenvalue weighted by Gasteiger charge is -2.43. The molecule has 0 spiro atoms. The molecule has 1 heterocycles. The van der Waals surface area contributed by atoms with Gasteiger partial charge in [-0.2, -0.15) is 13.5 Å². The second-order valence-corrected chi connectivity index (χ2v) is 10.6. The van der Waals surface area contributed by atoms with Gasteiger partial charge in [0.15, 0.2) is 0 Å². The molecule has 6 nitrogen and oxygen atoms in total. The van der Waals surface area contributed by atoms with E-state index >= 15 is 0 Å². The van der Waals surface area contributed by atoms with Gasteiger partial charge in [-0.25, -0.2) is 0 Å². The van der Waals surface area contributed by atoms with Gasteiger partial charge in [-0.3, -0.25) is 4.48 Å². The van der Waals surface area contributed by atoms with Crippen molar-refractivity contribution in [3.8, 4) is 0 Å². The molecule has 1 aromatic rings. The van der Waals surface area contributed by atoms with E-state index in [1.54, 1.807) is 23.9 Å². The molecule has 164 valence electrons. The zero-order chi connectivity index (χ0) is 20.4. The third-order valence-corrected chi connectivity index (χ3v) is 9.13.